The first kappa shape index (κ1) is 17.0. The van der Waals surface area contributed by atoms with Crippen LogP contribution in [0.15, 0.2) is 41.6 Å². The van der Waals surface area contributed by atoms with E-state index in [2.05, 4.69) is 10.1 Å². The van der Waals surface area contributed by atoms with Crippen molar-refractivity contribution in [2.45, 2.75) is 11.8 Å². The summed E-state index contributed by atoms with van der Waals surface area (Å²) < 4.78 is 44.3. The van der Waals surface area contributed by atoms with Gasteiger partial charge in [0.15, 0.2) is 15.5 Å². The summed E-state index contributed by atoms with van der Waals surface area (Å²) in [5.74, 6) is -1.42. The lowest BCUT2D eigenvalue weighted by atomic mass is 10.1. The van der Waals surface area contributed by atoms with Crippen molar-refractivity contribution >= 4 is 21.5 Å². The van der Waals surface area contributed by atoms with Crippen LogP contribution in [-0.4, -0.2) is 41.8 Å². The molecule has 0 unspecified atom stereocenters. The second-order valence-electron chi connectivity index (χ2n) is 5.25. The number of carbonyl (C=O) groups is 1. The molecule has 0 fully saturated rings. The van der Waals surface area contributed by atoms with E-state index in [1.165, 1.54) is 10.7 Å². The summed E-state index contributed by atoms with van der Waals surface area (Å²) >= 11 is 0. The maximum atomic E-state index is 14.4. The van der Waals surface area contributed by atoms with E-state index >= 15 is 0 Å². The molecule has 2 heterocycles. The van der Waals surface area contributed by atoms with Gasteiger partial charge >= 0.3 is 5.97 Å². The number of sulfone groups is 1. The Morgan fingerprint density at radius 2 is 2.12 bits per heavy atom. The highest BCUT2D eigenvalue weighted by Crippen LogP contribution is 2.30. The third-order valence-electron chi connectivity index (χ3n) is 3.50. The first-order chi connectivity index (χ1) is 11.8. The fraction of sp³-hybridized carbons (Fsp3) is 0.188. The average molecular weight is 363 g/mol. The number of nitrogens with zero attached hydrogens (tertiary/aromatic N) is 3. The largest absolute Gasteiger partial charge is 0.462 e. The molecule has 0 amide bonds. The zero-order chi connectivity index (χ0) is 18.2. The Kier molecular flexibility index (Phi) is 4.25. The minimum absolute atomic E-state index is 0.0213. The third kappa shape index (κ3) is 3.10. The summed E-state index contributed by atoms with van der Waals surface area (Å²) in [6, 6.07) is 4.93. The minimum Gasteiger partial charge on any atom is -0.462 e. The molecule has 25 heavy (non-hydrogen) atoms. The standard InChI is InChI=1S/C16H14FN3O4S/c1-3-24-16(21)13-14(19-20-8-4-7-18-15(13)20)11-9-10(25(2,22)23)5-6-12(11)17/h4-9H,3H2,1-2H3. The number of carbonyl (C=O) groups excluding carboxylic acids is 1. The van der Waals surface area contributed by atoms with Gasteiger partial charge in [-0.3, -0.25) is 0 Å². The van der Waals surface area contributed by atoms with Crippen LogP contribution in [0.1, 0.15) is 17.3 Å². The summed E-state index contributed by atoms with van der Waals surface area (Å²) in [6.45, 7) is 1.76. The molecule has 1 aromatic carbocycles. The van der Waals surface area contributed by atoms with E-state index in [0.717, 1.165) is 24.5 Å². The van der Waals surface area contributed by atoms with Gasteiger partial charge in [-0.1, -0.05) is 0 Å². The van der Waals surface area contributed by atoms with E-state index in [4.69, 9.17) is 4.74 Å². The topological polar surface area (TPSA) is 90.6 Å². The van der Waals surface area contributed by atoms with Gasteiger partial charge in [0, 0.05) is 24.2 Å². The lowest BCUT2D eigenvalue weighted by Gasteiger charge is -2.06. The molecule has 0 aliphatic rings. The van der Waals surface area contributed by atoms with Gasteiger partial charge < -0.3 is 4.74 Å². The predicted molar refractivity (Wildman–Crippen MR) is 87.4 cm³/mol. The molecule has 2 aromatic heterocycles. The summed E-state index contributed by atoms with van der Waals surface area (Å²) in [7, 11) is -3.56. The molecule has 3 aromatic rings. The fourth-order valence-electron chi connectivity index (χ4n) is 2.38. The molecule has 3 rings (SSSR count). The Morgan fingerprint density at radius 3 is 2.80 bits per heavy atom. The van der Waals surface area contributed by atoms with Crippen molar-refractivity contribution in [1.82, 2.24) is 14.6 Å². The number of halogens is 1. The molecule has 0 spiro atoms. The van der Waals surface area contributed by atoms with Crippen molar-refractivity contribution in [1.29, 1.82) is 0 Å². The molecule has 0 saturated heterocycles. The van der Waals surface area contributed by atoms with Crippen LogP contribution in [0.3, 0.4) is 0 Å². The summed E-state index contributed by atoms with van der Waals surface area (Å²) in [6.07, 6.45) is 4.03. The fourth-order valence-corrected chi connectivity index (χ4v) is 3.03. The number of hydrogen-bond acceptors (Lipinski definition) is 6. The highest BCUT2D eigenvalue weighted by atomic mass is 32.2. The van der Waals surface area contributed by atoms with Gasteiger partial charge in [0.25, 0.3) is 0 Å². The third-order valence-corrected chi connectivity index (χ3v) is 4.61. The second kappa shape index (κ2) is 6.25. The zero-order valence-corrected chi connectivity index (χ0v) is 14.2. The van der Waals surface area contributed by atoms with Crippen LogP contribution in [0.5, 0.6) is 0 Å². The minimum atomic E-state index is -3.56. The van der Waals surface area contributed by atoms with Gasteiger partial charge in [0.2, 0.25) is 0 Å². The number of rotatable bonds is 4. The lowest BCUT2D eigenvalue weighted by molar-refractivity contribution is 0.0529. The number of aromatic nitrogens is 3. The van der Waals surface area contributed by atoms with Crippen molar-refractivity contribution in [3.05, 3.63) is 48.0 Å². The summed E-state index contributed by atoms with van der Waals surface area (Å²) in [4.78, 5) is 16.4. The van der Waals surface area contributed by atoms with E-state index in [1.54, 1.807) is 19.2 Å². The molecule has 7 nitrogen and oxygen atoms in total. The van der Waals surface area contributed by atoms with Crippen LogP contribution in [0.4, 0.5) is 4.39 Å². The van der Waals surface area contributed by atoms with Gasteiger partial charge in [-0.25, -0.2) is 27.1 Å². The number of benzene rings is 1. The zero-order valence-electron chi connectivity index (χ0n) is 13.4. The quantitative estimate of drug-likeness (QED) is 0.521. The Morgan fingerprint density at radius 1 is 1.36 bits per heavy atom. The molecule has 130 valence electrons. The predicted octanol–water partition coefficient (Wildman–Crippen LogP) is 2.12. The van der Waals surface area contributed by atoms with Crippen molar-refractivity contribution in [2.24, 2.45) is 0 Å². The van der Waals surface area contributed by atoms with Gasteiger partial charge in [-0.2, -0.15) is 5.10 Å². The Balaban J connectivity index is 2.32. The summed E-state index contributed by atoms with van der Waals surface area (Å²) in [5, 5.41) is 4.19. The molecule has 0 N–H and O–H groups in total. The Bertz CT molecular complexity index is 1080. The molecule has 0 radical (unpaired) electrons. The van der Waals surface area contributed by atoms with Crippen LogP contribution >= 0.6 is 0 Å². The lowest BCUT2D eigenvalue weighted by Crippen LogP contribution is -2.07. The Hall–Kier alpha value is -2.81. The molecule has 0 saturated carbocycles. The van der Waals surface area contributed by atoms with Gasteiger partial charge in [-0.05, 0) is 31.2 Å². The van der Waals surface area contributed by atoms with Gasteiger partial charge in [0.05, 0.1) is 11.5 Å². The van der Waals surface area contributed by atoms with Crippen LogP contribution in [0, 0.1) is 5.82 Å². The first-order valence-corrected chi connectivity index (χ1v) is 9.22. The SMILES string of the molecule is CCOC(=O)c1c(-c2cc(S(C)(=O)=O)ccc2F)nn2cccnc12. The molecule has 0 aliphatic heterocycles. The molecule has 0 aliphatic carbocycles. The van der Waals surface area contributed by atoms with E-state index in [0.29, 0.717) is 0 Å². The average Bonchev–Trinajstić information content (AvgIpc) is 2.93. The van der Waals surface area contributed by atoms with E-state index < -0.39 is 21.6 Å². The monoisotopic (exact) mass is 363 g/mol. The van der Waals surface area contributed by atoms with E-state index in [9.17, 15) is 17.6 Å². The second-order valence-corrected chi connectivity index (χ2v) is 7.26. The summed E-state index contributed by atoms with van der Waals surface area (Å²) in [5.41, 5.74) is 0.0312. The number of hydrogen-bond donors (Lipinski definition) is 0. The maximum absolute atomic E-state index is 14.4. The van der Waals surface area contributed by atoms with E-state index in [1.807, 2.05) is 0 Å². The van der Waals surface area contributed by atoms with Crippen molar-refractivity contribution < 1.29 is 22.3 Å². The molecular formula is C16H14FN3O4S. The smallest absolute Gasteiger partial charge is 0.344 e. The number of esters is 1. The molecule has 0 atom stereocenters. The van der Waals surface area contributed by atoms with Crippen molar-refractivity contribution in [3.63, 3.8) is 0 Å². The molecule has 9 heteroatoms. The molecule has 0 bridgehead atoms. The van der Waals surface area contributed by atoms with Crippen molar-refractivity contribution in [2.75, 3.05) is 12.9 Å². The van der Waals surface area contributed by atoms with Gasteiger partial charge in [0.1, 0.15) is 17.1 Å². The van der Waals surface area contributed by atoms with Crippen LogP contribution in [0.25, 0.3) is 16.9 Å². The highest BCUT2D eigenvalue weighted by Gasteiger charge is 2.26. The van der Waals surface area contributed by atoms with Crippen molar-refractivity contribution in [3.8, 4) is 11.3 Å². The maximum Gasteiger partial charge on any atom is 0.344 e. The Labute approximate surface area is 143 Å². The molecular weight excluding hydrogens is 349 g/mol. The number of ether oxygens (including phenoxy) is 1. The number of fused-ring (bicyclic) bond motifs is 1. The van der Waals surface area contributed by atoms with Crippen LogP contribution in [0.2, 0.25) is 0 Å². The van der Waals surface area contributed by atoms with E-state index in [-0.39, 0.29) is 34.0 Å². The first-order valence-electron chi connectivity index (χ1n) is 7.33. The highest BCUT2D eigenvalue weighted by molar-refractivity contribution is 7.90. The normalized spacial score (nSPS) is 11.6. The van der Waals surface area contributed by atoms with Crippen LogP contribution in [-0.2, 0) is 14.6 Å². The van der Waals surface area contributed by atoms with Crippen LogP contribution < -0.4 is 0 Å². The van der Waals surface area contributed by atoms with Gasteiger partial charge in [-0.15, -0.1) is 0 Å².